The Bertz CT molecular complexity index is 351. The molecule has 1 heterocycles. The largest absolute Gasteiger partial charge is 0.365 e. The topological polar surface area (TPSA) is 43.1 Å². The lowest BCUT2D eigenvalue weighted by Gasteiger charge is -2.01. The number of primary amides is 1. The summed E-state index contributed by atoms with van der Waals surface area (Å²) >= 11 is 1.48. The maximum absolute atomic E-state index is 10.8. The van der Waals surface area contributed by atoms with Crippen LogP contribution < -0.4 is 5.73 Å². The van der Waals surface area contributed by atoms with E-state index in [0.29, 0.717) is 4.88 Å². The molecule has 0 bridgehead atoms. The van der Waals surface area contributed by atoms with Gasteiger partial charge in [-0.2, -0.15) is 0 Å². The SMILES string of the molecule is NC(=O)c1cc2c(s1)C=CCC2. The average molecular weight is 179 g/mol. The van der Waals surface area contributed by atoms with Crippen molar-refractivity contribution in [3.05, 3.63) is 27.5 Å². The molecule has 0 saturated heterocycles. The summed E-state index contributed by atoms with van der Waals surface area (Å²) in [5.41, 5.74) is 6.43. The first-order valence-electron chi connectivity index (χ1n) is 3.86. The van der Waals surface area contributed by atoms with E-state index in [2.05, 4.69) is 12.2 Å². The lowest BCUT2D eigenvalue weighted by atomic mass is 10.1. The van der Waals surface area contributed by atoms with Crippen LogP contribution >= 0.6 is 11.3 Å². The third-order valence-corrected chi connectivity index (χ3v) is 3.09. The number of aryl methyl sites for hydroxylation is 1. The molecule has 1 amide bonds. The van der Waals surface area contributed by atoms with Gasteiger partial charge in [0.05, 0.1) is 4.88 Å². The Morgan fingerprint density at radius 1 is 1.58 bits per heavy atom. The maximum atomic E-state index is 10.8. The maximum Gasteiger partial charge on any atom is 0.258 e. The van der Waals surface area contributed by atoms with E-state index >= 15 is 0 Å². The predicted octanol–water partition coefficient (Wildman–Crippen LogP) is 1.81. The van der Waals surface area contributed by atoms with Crippen LogP contribution in [0.2, 0.25) is 0 Å². The van der Waals surface area contributed by atoms with Gasteiger partial charge in [-0.1, -0.05) is 6.08 Å². The molecule has 0 aliphatic heterocycles. The number of hydrogen-bond donors (Lipinski definition) is 1. The first-order chi connectivity index (χ1) is 5.77. The second-order valence-corrected chi connectivity index (χ2v) is 3.89. The third-order valence-electron chi connectivity index (χ3n) is 1.93. The molecule has 0 fully saturated rings. The van der Waals surface area contributed by atoms with Crippen molar-refractivity contribution < 1.29 is 4.79 Å². The molecule has 0 saturated carbocycles. The Morgan fingerprint density at radius 2 is 2.42 bits per heavy atom. The van der Waals surface area contributed by atoms with E-state index in [9.17, 15) is 4.79 Å². The van der Waals surface area contributed by atoms with Crippen molar-refractivity contribution in [1.82, 2.24) is 0 Å². The second kappa shape index (κ2) is 2.75. The van der Waals surface area contributed by atoms with Crippen LogP contribution in [0.5, 0.6) is 0 Å². The van der Waals surface area contributed by atoms with Crippen LogP contribution in [-0.4, -0.2) is 5.91 Å². The number of rotatable bonds is 1. The summed E-state index contributed by atoms with van der Waals surface area (Å²) in [6.07, 6.45) is 6.30. The van der Waals surface area contributed by atoms with Gasteiger partial charge in [0.25, 0.3) is 5.91 Å². The lowest BCUT2D eigenvalue weighted by molar-refractivity contribution is 0.100. The number of allylic oxidation sites excluding steroid dienone is 1. The number of carbonyl (C=O) groups is 1. The number of amides is 1. The quantitative estimate of drug-likeness (QED) is 0.702. The molecule has 0 unspecified atom stereocenters. The minimum absolute atomic E-state index is 0.317. The molecule has 1 aliphatic carbocycles. The van der Waals surface area contributed by atoms with Crippen LogP contribution in [0, 0.1) is 0 Å². The van der Waals surface area contributed by atoms with E-state index in [1.165, 1.54) is 21.8 Å². The highest BCUT2D eigenvalue weighted by atomic mass is 32.1. The van der Waals surface area contributed by atoms with Crippen molar-refractivity contribution in [1.29, 1.82) is 0 Å². The van der Waals surface area contributed by atoms with E-state index in [4.69, 9.17) is 5.73 Å². The monoisotopic (exact) mass is 179 g/mol. The Kier molecular flexibility index (Phi) is 1.73. The minimum atomic E-state index is -0.317. The van der Waals surface area contributed by atoms with Crippen molar-refractivity contribution in [3.63, 3.8) is 0 Å². The first-order valence-corrected chi connectivity index (χ1v) is 4.68. The Hall–Kier alpha value is -1.09. The number of fused-ring (bicyclic) bond motifs is 1. The van der Waals surface area contributed by atoms with Gasteiger partial charge >= 0.3 is 0 Å². The van der Waals surface area contributed by atoms with Gasteiger partial charge in [-0.25, -0.2) is 0 Å². The summed E-state index contributed by atoms with van der Waals surface area (Å²) in [5, 5.41) is 0. The van der Waals surface area contributed by atoms with E-state index in [1.54, 1.807) is 0 Å². The summed E-state index contributed by atoms with van der Waals surface area (Å²) in [6.45, 7) is 0. The predicted molar refractivity (Wildman–Crippen MR) is 50.2 cm³/mol. The lowest BCUT2D eigenvalue weighted by Crippen LogP contribution is -2.08. The summed E-state index contributed by atoms with van der Waals surface area (Å²) in [7, 11) is 0. The molecule has 1 aromatic heterocycles. The average Bonchev–Trinajstić information content (AvgIpc) is 2.46. The number of thiophene rings is 1. The van der Waals surface area contributed by atoms with Crippen molar-refractivity contribution in [2.75, 3.05) is 0 Å². The van der Waals surface area contributed by atoms with E-state index in [-0.39, 0.29) is 5.91 Å². The van der Waals surface area contributed by atoms with Crippen molar-refractivity contribution in [2.24, 2.45) is 5.73 Å². The highest BCUT2D eigenvalue weighted by Crippen LogP contribution is 2.27. The van der Waals surface area contributed by atoms with Gasteiger partial charge in [0.2, 0.25) is 0 Å². The normalized spacial score (nSPS) is 14.3. The Morgan fingerprint density at radius 3 is 3.08 bits per heavy atom. The molecule has 2 rings (SSSR count). The molecular formula is C9H9NOS. The van der Waals surface area contributed by atoms with E-state index in [0.717, 1.165) is 12.8 Å². The summed E-state index contributed by atoms with van der Waals surface area (Å²) in [5.74, 6) is -0.317. The van der Waals surface area contributed by atoms with Crippen LogP contribution in [0.3, 0.4) is 0 Å². The summed E-state index contributed by atoms with van der Waals surface area (Å²) in [6, 6.07) is 1.91. The molecule has 0 radical (unpaired) electrons. The van der Waals surface area contributed by atoms with Crippen molar-refractivity contribution >= 4 is 23.3 Å². The van der Waals surface area contributed by atoms with Gasteiger partial charge in [-0.15, -0.1) is 11.3 Å². The standard InChI is InChI=1S/C9H9NOS/c10-9(11)8-5-6-3-1-2-4-7(6)12-8/h2,4-5H,1,3H2,(H2,10,11). The van der Waals surface area contributed by atoms with Crippen LogP contribution in [0.15, 0.2) is 12.1 Å². The van der Waals surface area contributed by atoms with Gasteiger partial charge in [0, 0.05) is 4.88 Å². The number of carbonyl (C=O) groups excluding carboxylic acids is 1. The fourth-order valence-corrected chi connectivity index (χ4v) is 2.32. The van der Waals surface area contributed by atoms with Gasteiger partial charge in [-0.05, 0) is 30.5 Å². The Labute approximate surface area is 74.7 Å². The molecule has 1 aliphatic rings. The zero-order valence-corrected chi connectivity index (χ0v) is 7.36. The molecule has 3 heteroatoms. The third kappa shape index (κ3) is 1.16. The van der Waals surface area contributed by atoms with Crippen molar-refractivity contribution in [3.8, 4) is 0 Å². The summed E-state index contributed by atoms with van der Waals surface area (Å²) in [4.78, 5) is 12.7. The molecule has 0 aromatic carbocycles. The highest BCUT2D eigenvalue weighted by molar-refractivity contribution is 7.15. The van der Waals surface area contributed by atoms with Crippen LogP contribution in [-0.2, 0) is 6.42 Å². The van der Waals surface area contributed by atoms with Crippen molar-refractivity contribution in [2.45, 2.75) is 12.8 Å². The second-order valence-electron chi connectivity index (χ2n) is 2.81. The molecule has 62 valence electrons. The molecule has 2 N–H and O–H groups in total. The van der Waals surface area contributed by atoms with Gasteiger partial charge in [-0.3, -0.25) is 4.79 Å². The zero-order valence-electron chi connectivity index (χ0n) is 6.54. The molecule has 0 spiro atoms. The van der Waals surface area contributed by atoms with E-state index < -0.39 is 0 Å². The molecule has 0 atom stereocenters. The minimum Gasteiger partial charge on any atom is -0.365 e. The fourth-order valence-electron chi connectivity index (χ4n) is 1.33. The highest BCUT2D eigenvalue weighted by Gasteiger charge is 2.11. The molecule has 2 nitrogen and oxygen atoms in total. The first kappa shape index (κ1) is 7.55. The van der Waals surface area contributed by atoms with Crippen LogP contribution in [0.4, 0.5) is 0 Å². The van der Waals surface area contributed by atoms with Gasteiger partial charge < -0.3 is 5.73 Å². The van der Waals surface area contributed by atoms with E-state index in [1.807, 2.05) is 6.07 Å². The number of hydrogen-bond acceptors (Lipinski definition) is 2. The van der Waals surface area contributed by atoms with Crippen LogP contribution in [0.1, 0.15) is 26.5 Å². The summed E-state index contributed by atoms with van der Waals surface area (Å²) < 4.78 is 0. The number of nitrogens with two attached hydrogens (primary N) is 1. The molecular weight excluding hydrogens is 170 g/mol. The van der Waals surface area contributed by atoms with Gasteiger partial charge in [0.15, 0.2) is 0 Å². The smallest absolute Gasteiger partial charge is 0.258 e. The van der Waals surface area contributed by atoms with Gasteiger partial charge in [0.1, 0.15) is 0 Å². The zero-order chi connectivity index (χ0) is 8.55. The Balaban J connectivity index is 2.46. The molecule has 1 aromatic rings. The van der Waals surface area contributed by atoms with Crippen LogP contribution in [0.25, 0.3) is 6.08 Å². The molecule has 12 heavy (non-hydrogen) atoms. The fraction of sp³-hybridized carbons (Fsp3) is 0.222.